The van der Waals surface area contributed by atoms with Crippen LogP contribution in [0.2, 0.25) is 0 Å². The van der Waals surface area contributed by atoms with Crippen molar-refractivity contribution in [3.8, 4) is 0 Å². The predicted octanol–water partition coefficient (Wildman–Crippen LogP) is 2.92. The number of nitrogens with zero attached hydrogens (tertiary/aromatic N) is 2. The highest BCUT2D eigenvalue weighted by Gasteiger charge is 2.34. The highest BCUT2D eigenvalue weighted by molar-refractivity contribution is 7.89. The van der Waals surface area contributed by atoms with E-state index in [1.54, 1.807) is 6.07 Å². The highest BCUT2D eigenvalue weighted by atomic mass is 32.2. The van der Waals surface area contributed by atoms with E-state index in [0.29, 0.717) is 11.6 Å². The summed E-state index contributed by atoms with van der Waals surface area (Å²) in [6.45, 7) is 0.139. The van der Waals surface area contributed by atoms with Crippen LogP contribution in [0.15, 0.2) is 53.4 Å². The number of rotatable bonds is 4. The molecule has 1 saturated heterocycles. The number of carbonyl (C=O) groups is 1. The molecule has 0 saturated carbocycles. The Morgan fingerprint density at radius 3 is 2.24 bits per heavy atom. The Hall–Kier alpha value is -2.46. The van der Waals surface area contributed by atoms with E-state index in [-0.39, 0.29) is 38.5 Å². The fraction of sp³-hybridized carbons (Fsp3) is 0.316. The van der Waals surface area contributed by atoms with Crippen LogP contribution < -0.4 is 0 Å². The first-order valence-corrected chi connectivity index (χ1v) is 10.2. The van der Waals surface area contributed by atoms with E-state index < -0.39 is 32.5 Å². The normalized spacial score (nSPS) is 16.1. The quantitative estimate of drug-likeness (QED) is 0.701. The SMILES string of the molecule is O=C(Cc1cccc(F)c1)N1CCN(S(=O)(=O)c2cccc(C(F)(F)F)c2)CC1. The minimum absolute atomic E-state index is 0.0157. The monoisotopic (exact) mass is 430 g/mol. The molecule has 0 radical (unpaired) electrons. The Bertz CT molecular complexity index is 1000. The zero-order valence-corrected chi connectivity index (χ0v) is 16.0. The van der Waals surface area contributed by atoms with E-state index >= 15 is 0 Å². The van der Waals surface area contributed by atoms with E-state index in [1.165, 1.54) is 23.1 Å². The summed E-state index contributed by atoms with van der Waals surface area (Å²) >= 11 is 0. The lowest BCUT2D eigenvalue weighted by Crippen LogP contribution is -2.50. The minimum Gasteiger partial charge on any atom is -0.340 e. The van der Waals surface area contributed by atoms with Gasteiger partial charge in [0.15, 0.2) is 0 Å². The number of hydrogen-bond acceptors (Lipinski definition) is 3. The van der Waals surface area contributed by atoms with Crippen LogP contribution in [0.1, 0.15) is 11.1 Å². The van der Waals surface area contributed by atoms with Crippen LogP contribution in [-0.2, 0) is 27.4 Å². The van der Waals surface area contributed by atoms with Crippen molar-refractivity contribution in [2.24, 2.45) is 0 Å². The topological polar surface area (TPSA) is 57.7 Å². The van der Waals surface area contributed by atoms with Gasteiger partial charge in [-0.15, -0.1) is 0 Å². The van der Waals surface area contributed by atoms with Crippen molar-refractivity contribution in [3.63, 3.8) is 0 Å². The molecule has 3 rings (SSSR count). The summed E-state index contributed by atoms with van der Waals surface area (Å²) < 4.78 is 78.3. The minimum atomic E-state index is -4.65. The molecule has 0 N–H and O–H groups in total. The number of piperazine rings is 1. The fourth-order valence-electron chi connectivity index (χ4n) is 3.09. The molecule has 0 aliphatic carbocycles. The van der Waals surface area contributed by atoms with E-state index in [9.17, 15) is 30.8 Å². The molecule has 156 valence electrons. The lowest BCUT2D eigenvalue weighted by molar-refractivity contribution is -0.137. The van der Waals surface area contributed by atoms with Gasteiger partial charge in [0, 0.05) is 26.2 Å². The lowest BCUT2D eigenvalue weighted by atomic mass is 10.1. The van der Waals surface area contributed by atoms with Gasteiger partial charge in [-0.05, 0) is 35.9 Å². The van der Waals surface area contributed by atoms with Crippen LogP contribution in [0.4, 0.5) is 17.6 Å². The number of alkyl halides is 3. The molecule has 2 aromatic carbocycles. The number of benzene rings is 2. The van der Waals surface area contributed by atoms with E-state index in [4.69, 9.17) is 0 Å². The van der Waals surface area contributed by atoms with Crippen molar-refractivity contribution < 1.29 is 30.8 Å². The maximum Gasteiger partial charge on any atom is 0.416 e. The molecular weight excluding hydrogens is 412 g/mol. The van der Waals surface area contributed by atoms with Crippen LogP contribution in [0.25, 0.3) is 0 Å². The van der Waals surface area contributed by atoms with Crippen LogP contribution in [0, 0.1) is 5.82 Å². The molecule has 29 heavy (non-hydrogen) atoms. The van der Waals surface area contributed by atoms with Crippen molar-refractivity contribution in [1.82, 2.24) is 9.21 Å². The largest absolute Gasteiger partial charge is 0.416 e. The van der Waals surface area contributed by atoms with Gasteiger partial charge in [0.1, 0.15) is 5.82 Å². The van der Waals surface area contributed by atoms with Crippen molar-refractivity contribution in [2.45, 2.75) is 17.5 Å². The second-order valence-electron chi connectivity index (χ2n) is 6.62. The smallest absolute Gasteiger partial charge is 0.340 e. The third kappa shape index (κ3) is 4.94. The Morgan fingerprint density at radius 1 is 0.966 bits per heavy atom. The maximum atomic E-state index is 13.2. The molecule has 1 aliphatic rings. The molecule has 1 aliphatic heterocycles. The summed E-state index contributed by atoms with van der Waals surface area (Å²) in [5.74, 6) is -0.723. The molecule has 5 nitrogen and oxygen atoms in total. The average Bonchev–Trinajstić information content (AvgIpc) is 2.67. The Balaban J connectivity index is 1.66. The first kappa shape index (κ1) is 21.3. The number of amides is 1. The van der Waals surface area contributed by atoms with Gasteiger partial charge in [-0.3, -0.25) is 4.79 Å². The van der Waals surface area contributed by atoms with Crippen molar-refractivity contribution in [1.29, 1.82) is 0 Å². The third-order valence-corrected chi connectivity index (χ3v) is 6.53. The molecular formula is C19H18F4N2O3S. The summed E-state index contributed by atoms with van der Waals surface area (Å²) in [7, 11) is -4.11. The van der Waals surface area contributed by atoms with Gasteiger partial charge in [-0.2, -0.15) is 17.5 Å². The first-order valence-electron chi connectivity index (χ1n) is 8.77. The predicted molar refractivity (Wildman–Crippen MR) is 96.9 cm³/mol. The molecule has 0 atom stereocenters. The summed E-state index contributed by atoms with van der Waals surface area (Å²) in [5, 5.41) is 0. The molecule has 2 aromatic rings. The summed E-state index contributed by atoms with van der Waals surface area (Å²) in [4.78, 5) is 13.4. The van der Waals surface area contributed by atoms with Gasteiger partial charge in [0.25, 0.3) is 0 Å². The van der Waals surface area contributed by atoms with Crippen LogP contribution in [0.5, 0.6) is 0 Å². The van der Waals surface area contributed by atoms with E-state index in [2.05, 4.69) is 0 Å². The van der Waals surface area contributed by atoms with Gasteiger partial charge >= 0.3 is 6.18 Å². The fourth-order valence-corrected chi connectivity index (χ4v) is 4.56. The molecule has 0 unspecified atom stereocenters. The zero-order valence-electron chi connectivity index (χ0n) is 15.2. The standard InChI is InChI=1S/C19H18F4N2O3S/c20-16-5-1-3-14(11-16)12-18(26)24-7-9-25(10-8-24)29(27,28)17-6-2-4-15(13-17)19(21,22)23/h1-6,11,13H,7-10,12H2. The van der Waals surface area contributed by atoms with Gasteiger partial charge in [0.05, 0.1) is 16.9 Å². The second kappa shape index (κ2) is 8.11. The molecule has 1 heterocycles. The molecule has 10 heteroatoms. The summed E-state index contributed by atoms with van der Waals surface area (Å²) in [6.07, 6.45) is -4.66. The van der Waals surface area contributed by atoms with Crippen LogP contribution in [0.3, 0.4) is 0 Å². The van der Waals surface area contributed by atoms with Gasteiger partial charge in [-0.1, -0.05) is 18.2 Å². The molecule has 0 bridgehead atoms. The van der Waals surface area contributed by atoms with Gasteiger partial charge < -0.3 is 4.90 Å². The lowest BCUT2D eigenvalue weighted by Gasteiger charge is -2.34. The second-order valence-corrected chi connectivity index (χ2v) is 8.56. The highest BCUT2D eigenvalue weighted by Crippen LogP contribution is 2.31. The average molecular weight is 430 g/mol. The first-order chi connectivity index (χ1) is 13.6. The summed E-state index contributed by atoms with van der Waals surface area (Å²) in [5.41, 5.74) is -0.531. The van der Waals surface area contributed by atoms with Crippen LogP contribution in [-0.4, -0.2) is 49.7 Å². The molecule has 0 spiro atoms. The number of carbonyl (C=O) groups excluding carboxylic acids is 1. The number of halogens is 4. The summed E-state index contributed by atoms with van der Waals surface area (Å²) in [6, 6.07) is 9.23. The van der Waals surface area contributed by atoms with Crippen molar-refractivity contribution in [2.75, 3.05) is 26.2 Å². The van der Waals surface area contributed by atoms with Crippen molar-refractivity contribution in [3.05, 3.63) is 65.5 Å². The zero-order chi connectivity index (χ0) is 21.2. The third-order valence-electron chi connectivity index (χ3n) is 4.63. The van der Waals surface area contributed by atoms with E-state index in [1.807, 2.05) is 0 Å². The maximum absolute atomic E-state index is 13.2. The molecule has 1 amide bonds. The van der Waals surface area contributed by atoms with Crippen LogP contribution >= 0.6 is 0 Å². The van der Waals surface area contributed by atoms with Crippen molar-refractivity contribution >= 4 is 15.9 Å². The van der Waals surface area contributed by atoms with Gasteiger partial charge in [-0.25, -0.2) is 12.8 Å². The molecule has 1 fully saturated rings. The van der Waals surface area contributed by atoms with Gasteiger partial charge in [0.2, 0.25) is 15.9 Å². The van der Waals surface area contributed by atoms with E-state index in [0.717, 1.165) is 22.5 Å². The Labute approximate surface area is 165 Å². The Kier molecular flexibility index (Phi) is 5.95. The number of hydrogen-bond donors (Lipinski definition) is 0. The molecule has 0 aromatic heterocycles. The Morgan fingerprint density at radius 2 is 1.62 bits per heavy atom. The number of sulfonamides is 1.